The van der Waals surface area contributed by atoms with Gasteiger partial charge in [0.1, 0.15) is 0 Å². The summed E-state index contributed by atoms with van der Waals surface area (Å²) in [5, 5.41) is 0. The van der Waals surface area contributed by atoms with E-state index in [0.717, 1.165) is 32.1 Å². The maximum absolute atomic E-state index is 8.87. The Kier molecular flexibility index (Phi) is 14.6. The van der Waals surface area contributed by atoms with E-state index in [1.165, 1.54) is 51.4 Å². The third-order valence-electron chi connectivity index (χ3n) is 4.12. The molecule has 7 N–H and O–H groups in total. The molecular weight excluding hydrogens is 296 g/mol. The molecule has 0 aromatic carbocycles. The van der Waals surface area contributed by atoms with Crippen molar-refractivity contribution in [2.75, 3.05) is 6.54 Å². The normalized spacial score (nSPS) is 13.5. The average Bonchev–Trinajstić information content (AvgIpc) is 2.43. The molecule has 1 unspecified atom stereocenters. The zero-order chi connectivity index (χ0) is 16.7. The summed E-state index contributed by atoms with van der Waals surface area (Å²) < 4.78 is 0. The molecule has 0 heterocycles. The molecule has 0 aromatic heterocycles. The first-order valence-electron chi connectivity index (χ1n) is 9.08. The van der Waals surface area contributed by atoms with E-state index < -0.39 is 8.80 Å². The van der Waals surface area contributed by atoms with Crippen LogP contribution in [0.25, 0.3) is 0 Å². The predicted molar refractivity (Wildman–Crippen MR) is 94.3 cm³/mol. The van der Waals surface area contributed by atoms with Gasteiger partial charge in [0.2, 0.25) is 0 Å². The minimum atomic E-state index is -3.78. The first-order chi connectivity index (χ1) is 10.5. The highest BCUT2D eigenvalue weighted by Gasteiger charge is 2.25. The van der Waals surface area contributed by atoms with Crippen molar-refractivity contribution in [3.8, 4) is 0 Å². The van der Waals surface area contributed by atoms with E-state index in [0.29, 0.717) is 12.6 Å². The molecule has 0 radical (unpaired) electrons. The second-order valence-corrected chi connectivity index (χ2v) is 8.59. The van der Waals surface area contributed by atoms with Crippen molar-refractivity contribution in [1.29, 1.82) is 0 Å². The van der Waals surface area contributed by atoms with Crippen molar-refractivity contribution >= 4 is 8.80 Å². The topological polar surface area (TPSA) is 113 Å². The molecular formula is C16H38N2O3Si. The van der Waals surface area contributed by atoms with Crippen LogP contribution in [-0.2, 0) is 0 Å². The van der Waals surface area contributed by atoms with Gasteiger partial charge in [-0.25, -0.2) is 0 Å². The smallest absolute Gasteiger partial charge is 0.390 e. The summed E-state index contributed by atoms with van der Waals surface area (Å²) in [6.45, 7) is 0.698. The van der Waals surface area contributed by atoms with Crippen LogP contribution in [-0.4, -0.2) is 35.8 Å². The summed E-state index contributed by atoms with van der Waals surface area (Å²) in [5.41, 5.74) is 11.4. The van der Waals surface area contributed by atoms with E-state index in [-0.39, 0.29) is 6.04 Å². The number of unbranched alkanes of at least 4 members (excludes halogenated alkanes) is 10. The van der Waals surface area contributed by atoms with Crippen LogP contribution >= 0.6 is 0 Å². The van der Waals surface area contributed by atoms with Crippen molar-refractivity contribution in [2.45, 2.75) is 95.6 Å². The molecule has 0 fully saturated rings. The fourth-order valence-electron chi connectivity index (χ4n) is 2.72. The SMILES string of the molecule is NCCC(N)CCCCCCCCCCCCC[Si](O)(O)O. The van der Waals surface area contributed by atoms with Gasteiger partial charge in [0.25, 0.3) is 0 Å². The molecule has 1 atom stereocenters. The Morgan fingerprint density at radius 2 is 1.05 bits per heavy atom. The Labute approximate surface area is 137 Å². The first-order valence-corrected chi connectivity index (χ1v) is 11.1. The van der Waals surface area contributed by atoms with Gasteiger partial charge in [0.05, 0.1) is 0 Å². The number of rotatable bonds is 16. The summed E-state index contributed by atoms with van der Waals surface area (Å²) in [6.07, 6.45) is 15.1. The number of hydrogen-bond donors (Lipinski definition) is 5. The van der Waals surface area contributed by atoms with Gasteiger partial charge in [-0.05, 0) is 25.8 Å². The fourth-order valence-corrected chi connectivity index (χ4v) is 3.44. The summed E-state index contributed by atoms with van der Waals surface area (Å²) in [7, 11) is -3.78. The Hall–Kier alpha value is 0.0169. The minimum Gasteiger partial charge on any atom is -0.390 e. The third-order valence-corrected chi connectivity index (χ3v) is 5.15. The Balaban J connectivity index is 3.09. The first kappa shape index (κ1) is 22.0. The van der Waals surface area contributed by atoms with Crippen LogP contribution in [0.2, 0.25) is 6.04 Å². The molecule has 0 aliphatic carbocycles. The molecule has 0 aliphatic heterocycles. The van der Waals surface area contributed by atoms with E-state index in [1.807, 2.05) is 0 Å². The number of hydrogen-bond acceptors (Lipinski definition) is 5. The Bertz CT molecular complexity index is 238. The van der Waals surface area contributed by atoms with E-state index in [4.69, 9.17) is 25.9 Å². The van der Waals surface area contributed by atoms with Gasteiger partial charge < -0.3 is 25.9 Å². The highest BCUT2D eigenvalue weighted by Crippen LogP contribution is 2.14. The zero-order valence-electron chi connectivity index (χ0n) is 14.2. The molecule has 0 saturated heterocycles. The lowest BCUT2D eigenvalue weighted by molar-refractivity contribution is 0.226. The number of nitrogens with two attached hydrogens (primary N) is 2. The molecule has 0 aliphatic rings. The van der Waals surface area contributed by atoms with E-state index >= 15 is 0 Å². The Morgan fingerprint density at radius 1 is 0.636 bits per heavy atom. The lowest BCUT2D eigenvalue weighted by Crippen LogP contribution is -2.33. The monoisotopic (exact) mass is 334 g/mol. The maximum Gasteiger partial charge on any atom is 0.492 e. The highest BCUT2D eigenvalue weighted by atomic mass is 28.4. The van der Waals surface area contributed by atoms with Crippen molar-refractivity contribution in [3.63, 3.8) is 0 Å². The van der Waals surface area contributed by atoms with Crippen molar-refractivity contribution < 1.29 is 14.4 Å². The molecule has 6 heteroatoms. The van der Waals surface area contributed by atoms with Gasteiger partial charge in [-0.1, -0.05) is 64.2 Å². The second kappa shape index (κ2) is 14.6. The van der Waals surface area contributed by atoms with Crippen LogP contribution in [0.1, 0.15) is 83.5 Å². The molecule has 0 saturated carbocycles. The largest absolute Gasteiger partial charge is 0.492 e. The highest BCUT2D eigenvalue weighted by molar-refractivity contribution is 6.56. The van der Waals surface area contributed by atoms with E-state index in [1.54, 1.807) is 0 Å². The van der Waals surface area contributed by atoms with Gasteiger partial charge >= 0.3 is 8.80 Å². The molecule has 0 rings (SSSR count). The second-order valence-electron chi connectivity index (χ2n) is 6.54. The van der Waals surface area contributed by atoms with Gasteiger partial charge in [0.15, 0.2) is 0 Å². The summed E-state index contributed by atoms with van der Waals surface area (Å²) in [6, 6.07) is 0.474. The quantitative estimate of drug-likeness (QED) is 0.219. The molecule has 22 heavy (non-hydrogen) atoms. The van der Waals surface area contributed by atoms with Crippen LogP contribution in [0.4, 0.5) is 0 Å². The fraction of sp³-hybridized carbons (Fsp3) is 1.00. The van der Waals surface area contributed by atoms with Gasteiger partial charge in [-0.3, -0.25) is 0 Å². The summed E-state index contributed by atoms with van der Waals surface area (Å²) in [5.74, 6) is 0. The van der Waals surface area contributed by atoms with Crippen molar-refractivity contribution in [2.24, 2.45) is 11.5 Å². The molecule has 0 amide bonds. The molecule has 134 valence electrons. The lowest BCUT2D eigenvalue weighted by Gasteiger charge is -2.09. The maximum atomic E-state index is 8.87. The molecule has 0 bridgehead atoms. The van der Waals surface area contributed by atoms with Gasteiger partial charge in [-0.15, -0.1) is 0 Å². The van der Waals surface area contributed by atoms with Crippen LogP contribution < -0.4 is 11.5 Å². The minimum absolute atomic E-state index is 0.182. The lowest BCUT2D eigenvalue weighted by atomic mass is 10.0. The summed E-state index contributed by atoms with van der Waals surface area (Å²) >= 11 is 0. The third kappa shape index (κ3) is 18.1. The van der Waals surface area contributed by atoms with Crippen molar-refractivity contribution in [3.05, 3.63) is 0 Å². The molecule has 5 nitrogen and oxygen atoms in total. The zero-order valence-corrected chi connectivity index (χ0v) is 15.2. The average molecular weight is 335 g/mol. The van der Waals surface area contributed by atoms with Gasteiger partial charge in [-0.2, -0.15) is 0 Å². The molecule has 0 spiro atoms. The standard InChI is InChI=1S/C16H38N2O3Si/c17-14-13-16(18)12-10-8-6-4-2-1-3-5-7-9-11-15-22(19,20)21/h16,19-21H,1-15,17-18H2. The molecule has 0 aromatic rings. The van der Waals surface area contributed by atoms with Crippen LogP contribution in [0.5, 0.6) is 0 Å². The van der Waals surface area contributed by atoms with Crippen LogP contribution in [0.3, 0.4) is 0 Å². The Morgan fingerprint density at radius 3 is 1.45 bits per heavy atom. The van der Waals surface area contributed by atoms with E-state index in [2.05, 4.69) is 0 Å². The predicted octanol–water partition coefficient (Wildman–Crippen LogP) is 2.26. The van der Waals surface area contributed by atoms with Crippen molar-refractivity contribution in [1.82, 2.24) is 0 Å². The van der Waals surface area contributed by atoms with Gasteiger partial charge in [0, 0.05) is 12.1 Å². The summed E-state index contributed by atoms with van der Waals surface area (Å²) in [4.78, 5) is 26.6. The van der Waals surface area contributed by atoms with E-state index in [9.17, 15) is 0 Å². The van der Waals surface area contributed by atoms with Crippen LogP contribution in [0, 0.1) is 0 Å². The van der Waals surface area contributed by atoms with Crippen LogP contribution in [0.15, 0.2) is 0 Å².